The van der Waals surface area contributed by atoms with Crippen molar-refractivity contribution >= 4 is 11.6 Å². The fraction of sp³-hybridized carbons (Fsp3) is 0.600. The van der Waals surface area contributed by atoms with Gasteiger partial charge in [0.2, 0.25) is 0 Å². The highest BCUT2D eigenvalue weighted by atomic mass is 35.5. The molecule has 1 fully saturated rings. The van der Waals surface area contributed by atoms with Gasteiger partial charge in [0, 0.05) is 31.1 Å². The van der Waals surface area contributed by atoms with Gasteiger partial charge in [0.1, 0.15) is 24.1 Å². The molecule has 0 saturated carbocycles. The lowest BCUT2D eigenvalue weighted by Gasteiger charge is -2.26. The lowest BCUT2D eigenvalue weighted by molar-refractivity contribution is -0.0279. The Morgan fingerprint density at radius 2 is 2.38 bits per heavy atom. The van der Waals surface area contributed by atoms with Crippen molar-refractivity contribution in [1.82, 2.24) is 5.32 Å². The van der Waals surface area contributed by atoms with Crippen LogP contribution >= 0.6 is 11.6 Å². The van der Waals surface area contributed by atoms with Crippen molar-refractivity contribution in [2.75, 3.05) is 26.3 Å². The summed E-state index contributed by atoms with van der Waals surface area (Å²) in [5.74, 6) is 0.623. The van der Waals surface area contributed by atoms with E-state index in [9.17, 15) is 10.2 Å². The van der Waals surface area contributed by atoms with E-state index in [2.05, 4.69) is 5.32 Å². The minimum absolute atomic E-state index is 0.165. The quantitative estimate of drug-likeness (QED) is 0.705. The molecule has 0 amide bonds. The van der Waals surface area contributed by atoms with E-state index in [0.717, 1.165) is 0 Å². The molecule has 3 N–H and O–H groups in total. The molecule has 0 radical (unpaired) electrons. The fourth-order valence-corrected chi connectivity index (χ4v) is 2.45. The van der Waals surface area contributed by atoms with E-state index in [1.54, 1.807) is 24.3 Å². The van der Waals surface area contributed by atoms with Gasteiger partial charge in [-0.25, -0.2) is 0 Å². The summed E-state index contributed by atoms with van der Waals surface area (Å²) in [5.41, 5.74) is -0.854. The fourth-order valence-electron chi connectivity index (χ4n) is 2.27. The molecule has 1 aromatic rings. The van der Waals surface area contributed by atoms with Crippen LogP contribution in [0, 0.1) is 0 Å². The van der Waals surface area contributed by atoms with E-state index in [4.69, 9.17) is 21.1 Å². The standard InChI is InChI=1S/C15H22ClNO4/c1-11-15(19,5-6-20-11)10-17-8-13(18)9-21-14-4-2-3-12(16)7-14/h2-4,7,11,13,17-19H,5-6,8-10H2,1H3. The normalized spacial score (nSPS) is 26.8. The molecule has 1 aliphatic rings. The van der Waals surface area contributed by atoms with Gasteiger partial charge in [-0.05, 0) is 25.1 Å². The SMILES string of the molecule is CC1OCCC1(O)CNCC(O)COc1cccc(Cl)c1. The number of rotatable bonds is 7. The number of hydrogen-bond donors (Lipinski definition) is 3. The number of hydrogen-bond acceptors (Lipinski definition) is 5. The van der Waals surface area contributed by atoms with Crippen LogP contribution in [0.25, 0.3) is 0 Å². The van der Waals surface area contributed by atoms with Crippen LogP contribution in [0.4, 0.5) is 0 Å². The van der Waals surface area contributed by atoms with Gasteiger partial charge < -0.3 is 25.0 Å². The average Bonchev–Trinajstić information content (AvgIpc) is 2.77. The maximum Gasteiger partial charge on any atom is 0.120 e. The van der Waals surface area contributed by atoms with Crippen LogP contribution in [0.1, 0.15) is 13.3 Å². The molecule has 0 spiro atoms. The van der Waals surface area contributed by atoms with Crippen molar-refractivity contribution in [3.05, 3.63) is 29.3 Å². The molecule has 5 nitrogen and oxygen atoms in total. The smallest absolute Gasteiger partial charge is 0.120 e. The molecule has 0 aliphatic carbocycles. The van der Waals surface area contributed by atoms with Gasteiger partial charge in [-0.2, -0.15) is 0 Å². The summed E-state index contributed by atoms with van der Waals surface area (Å²) in [6.07, 6.45) is -0.244. The molecule has 1 aromatic carbocycles. The van der Waals surface area contributed by atoms with Crippen molar-refractivity contribution in [2.45, 2.75) is 31.2 Å². The number of ether oxygens (including phenoxy) is 2. The average molecular weight is 316 g/mol. The zero-order chi connectivity index (χ0) is 15.3. The molecule has 1 heterocycles. The highest BCUT2D eigenvalue weighted by Crippen LogP contribution is 2.24. The highest BCUT2D eigenvalue weighted by Gasteiger charge is 2.39. The second-order valence-electron chi connectivity index (χ2n) is 5.42. The molecule has 3 atom stereocenters. The second kappa shape index (κ2) is 7.42. The summed E-state index contributed by atoms with van der Waals surface area (Å²) in [5, 5.41) is 23.8. The molecule has 1 saturated heterocycles. The van der Waals surface area contributed by atoms with Gasteiger partial charge in [-0.3, -0.25) is 0 Å². The zero-order valence-corrected chi connectivity index (χ0v) is 12.8. The molecule has 21 heavy (non-hydrogen) atoms. The first-order chi connectivity index (χ1) is 9.99. The van der Waals surface area contributed by atoms with E-state index in [-0.39, 0.29) is 12.7 Å². The molecular weight excluding hydrogens is 294 g/mol. The molecular formula is C15H22ClNO4. The predicted molar refractivity (Wildman–Crippen MR) is 80.8 cm³/mol. The van der Waals surface area contributed by atoms with Gasteiger partial charge in [-0.15, -0.1) is 0 Å². The summed E-state index contributed by atoms with van der Waals surface area (Å²) in [6, 6.07) is 7.03. The maximum atomic E-state index is 10.3. The van der Waals surface area contributed by atoms with Crippen LogP contribution < -0.4 is 10.1 Å². The van der Waals surface area contributed by atoms with E-state index >= 15 is 0 Å². The lowest BCUT2D eigenvalue weighted by Crippen LogP contribution is -2.47. The van der Waals surface area contributed by atoms with E-state index in [1.165, 1.54) is 0 Å². The van der Waals surface area contributed by atoms with Crippen LogP contribution in [0.5, 0.6) is 5.75 Å². The molecule has 0 aromatic heterocycles. The van der Waals surface area contributed by atoms with Crippen molar-refractivity contribution in [3.63, 3.8) is 0 Å². The molecule has 118 valence electrons. The third kappa shape index (κ3) is 4.83. The molecule has 6 heteroatoms. The third-order valence-electron chi connectivity index (χ3n) is 3.71. The minimum atomic E-state index is -0.854. The van der Waals surface area contributed by atoms with Gasteiger partial charge in [0.15, 0.2) is 0 Å². The first-order valence-electron chi connectivity index (χ1n) is 7.11. The Kier molecular flexibility index (Phi) is 5.84. The number of halogens is 1. The Balaban J connectivity index is 1.67. The molecule has 2 rings (SSSR count). The Morgan fingerprint density at radius 1 is 1.57 bits per heavy atom. The van der Waals surface area contributed by atoms with E-state index in [1.807, 2.05) is 6.92 Å². The van der Waals surface area contributed by atoms with Crippen LogP contribution in [-0.4, -0.2) is 54.3 Å². The van der Waals surface area contributed by atoms with E-state index < -0.39 is 11.7 Å². The Hall–Kier alpha value is -0.850. The van der Waals surface area contributed by atoms with Crippen molar-refractivity contribution < 1.29 is 19.7 Å². The monoisotopic (exact) mass is 315 g/mol. The first kappa shape index (κ1) is 16.5. The first-order valence-corrected chi connectivity index (χ1v) is 7.48. The van der Waals surface area contributed by atoms with Gasteiger partial charge in [0.05, 0.1) is 6.10 Å². The summed E-state index contributed by atoms with van der Waals surface area (Å²) >= 11 is 5.85. The number of aliphatic hydroxyl groups is 2. The summed E-state index contributed by atoms with van der Waals surface area (Å²) < 4.78 is 10.8. The van der Waals surface area contributed by atoms with Crippen LogP contribution in [0.3, 0.4) is 0 Å². The minimum Gasteiger partial charge on any atom is -0.491 e. The van der Waals surface area contributed by atoms with Gasteiger partial charge in [0.25, 0.3) is 0 Å². The molecule has 3 unspecified atom stereocenters. The van der Waals surface area contributed by atoms with Crippen molar-refractivity contribution in [3.8, 4) is 5.75 Å². The third-order valence-corrected chi connectivity index (χ3v) is 3.94. The second-order valence-corrected chi connectivity index (χ2v) is 5.86. The topological polar surface area (TPSA) is 71.0 Å². The zero-order valence-electron chi connectivity index (χ0n) is 12.1. The largest absolute Gasteiger partial charge is 0.491 e. The summed E-state index contributed by atoms with van der Waals surface area (Å²) in [7, 11) is 0. The summed E-state index contributed by atoms with van der Waals surface area (Å²) in [6.45, 7) is 3.32. The highest BCUT2D eigenvalue weighted by molar-refractivity contribution is 6.30. The van der Waals surface area contributed by atoms with Crippen LogP contribution in [0.2, 0.25) is 5.02 Å². The Labute approximate surface area is 129 Å². The van der Waals surface area contributed by atoms with Crippen LogP contribution in [0.15, 0.2) is 24.3 Å². The van der Waals surface area contributed by atoms with Crippen molar-refractivity contribution in [2.24, 2.45) is 0 Å². The number of aliphatic hydroxyl groups excluding tert-OH is 1. The van der Waals surface area contributed by atoms with Gasteiger partial charge in [-0.1, -0.05) is 17.7 Å². The maximum absolute atomic E-state index is 10.3. The van der Waals surface area contributed by atoms with Crippen LogP contribution in [-0.2, 0) is 4.74 Å². The molecule has 1 aliphatic heterocycles. The number of nitrogens with one attached hydrogen (secondary N) is 1. The summed E-state index contributed by atoms with van der Waals surface area (Å²) in [4.78, 5) is 0. The Bertz CT molecular complexity index is 459. The van der Waals surface area contributed by atoms with E-state index in [0.29, 0.717) is 36.9 Å². The van der Waals surface area contributed by atoms with Gasteiger partial charge >= 0.3 is 0 Å². The van der Waals surface area contributed by atoms with Crippen molar-refractivity contribution in [1.29, 1.82) is 0 Å². The Morgan fingerprint density at radius 3 is 3.05 bits per heavy atom. The predicted octanol–water partition coefficient (Wildman–Crippen LogP) is 1.21. The molecule has 0 bridgehead atoms. The lowest BCUT2D eigenvalue weighted by atomic mass is 9.97. The number of benzene rings is 1.